The molecular weight excluding hydrogens is 287 g/mol. The summed E-state index contributed by atoms with van der Waals surface area (Å²) in [6.07, 6.45) is 3.13. The van der Waals surface area contributed by atoms with E-state index in [0.29, 0.717) is 6.54 Å². The summed E-state index contributed by atoms with van der Waals surface area (Å²) >= 11 is 1.45. The van der Waals surface area contributed by atoms with E-state index in [9.17, 15) is 9.18 Å². The van der Waals surface area contributed by atoms with Crippen LogP contribution in [0.2, 0.25) is 0 Å². The number of carbonyl (C=O) groups excluding carboxylic acids is 1. The number of benzene rings is 1. The average molecular weight is 306 g/mol. The fourth-order valence-corrected chi connectivity index (χ4v) is 4.19. The van der Waals surface area contributed by atoms with Crippen LogP contribution in [-0.4, -0.2) is 29.9 Å². The predicted molar refractivity (Wildman–Crippen MR) is 84.2 cm³/mol. The van der Waals surface area contributed by atoms with Gasteiger partial charge in [-0.1, -0.05) is 0 Å². The summed E-state index contributed by atoms with van der Waals surface area (Å²) in [4.78, 5) is 15.5. The van der Waals surface area contributed by atoms with Crippen LogP contribution in [-0.2, 0) is 0 Å². The zero-order valence-electron chi connectivity index (χ0n) is 12.1. The van der Waals surface area contributed by atoms with Gasteiger partial charge in [-0.15, -0.1) is 11.3 Å². The van der Waals surface area contributed by atoms with Crippen molar-refractivity contribution in [3.63, 3.8) is 0 Å². The van der Waals surface area contributed by atoms with E-state index in [4.69, 9.17) is 5.73 Å². The molecule has 0 spiro atoms. The SMILES string of the molecule is Cc1c(C(=O)N2CCCCC2CN)sc2ccc(F)cc12. The summed E-state index contributed by atoms with van der Waals surface area (Å²) in [6, 6.07) is 4.83. The third-order valence-electron chi connectivity index (χ3n) is 4.25. The first-order valence-corrected chi connectivity index (χ1v) is 8.13. The largest absolute Gasteiger partial charge is 0.334 e. The van der Waals surface area contributed by atoms with Crippen molar-refractivity contribution in [2.45, 2.75) is 32.2 Å². The van der Waals surface area contributed by atoms with Gasteiger partial charge in [0, 0.05) is 23.8 Å². The van der Waals surface area contributed by atoms with Gasteiger partial charge in [-0.2, -0.15) is 0 Å². The Morgan fingerprint density at radius 2 is 2.29 bits per heavy atom. The van der Waals surface area contributed by atoms with Gasteiger partial charge in [-0.3, -0.25) is 4.79 Å². The number of amides is 1. The molecule has 1 fully saturated rings. The quantitative estimate of drug-likeness (QED) is 0.925. The Hall–Kier alpha value is -1.46. The van der Waals surface area contributed by atoms with Crippen LogP contribution in [0.1, 0.15) is 34.5 Å². The second-order valence-corrected chi connectivity index (χ2v) is 6.63. The summed E-state index contributed by atoms with van der Waals surface area (Å²) in [7, 11) is 0. The van der Waals surface area contributed by atoms with Crippen LogP contribution in [0, 0.1) is 12.7 Å². The Balaban J connectivity index is 1.99. The molecule has 0 bridgehead atoms. The van der Waals surface area contributed by atoms with Crippen molar-refractivity contribution >= 4 is 27.3 Å². The Morgan fingerprint density at radius 3 is 3.05 bits per heavy atom. The molecule has 3 rings (SSSR count). The Bertz CT molecular complexity index is 682. The minimum absolute atomic E-state index is 0.0456. The highest BCUT2D eigenvalue weighted by Gasteiger charge is 2.28. The minimum atomic E-state index is -0.264. The fourth-order valence-electron chi connectivity index (χ4n) is 3.04. The van der Waals surface area contributed by atoms with Gasteiger partial charge in [0.05, 0.1) is 4.88 Å². The number of fused-ring (bicyclic) bond motifs is 1. The molecule has 21 heavy (non-hydrogen) atoms. The van der Waals surface area contributed by atoms with Crippen LogP contribution < -0.4 is 5.73 Å². The standard InChI is InChI=1S/C16H19FN2OS/c1-10-13-8-11(17)5-6-14(13)21-15(10)16(20)19-7-3-2-4-12(19)9-18/h5-6,8,12H,2-4,7,9,18H2,1H3. The third-order valence-corrected chi connectivity index (χ3v) is 5.51. The number of likely N-dealkylation sites (tertiary alicyclic amines) is 1. The molecule has 0 saturated carbocycles. The highest BCUT2D eigenvalue weighted by molar-refractivity contribution is 7.21. The molecule has 1 atom stereocenters. The van der Waals surface area contributed by atoms with Crippen molar-refractivity contribution < 1.29 is 9.18 Å². The molecule has 2 aromatic rings. The van der Waals surface area contributed by atoms with Crippen LogP contribution in [0.3, 0.4) is 0 Å². The van der Waals surface area contributed by atoms with E-state index < -0.39 is 0 Å². The molecule has 0 aliphatic carbocycles. The van der Waals surface area contributed by atoms with Crippen LogP contribution in [0.25, 0.3) is 10.1 Å². The van der Waals surface area contributed by atoms with Crippen LogP contribution in [0.4, 0.5) is 4.39 Å². The van der Waals surface area contributed by atoms with Gasteiger partial charge in [0.25, 0.3) is 5.91 Å². The molecule has 1 aromatic carbocycles. The van der Waals surface area contributed by atoms with Crippen LogP contribution in [0.5, 0.6) is 0 Å². The molecular formula is C16H19FN2OS. The number of nitrogens with two attached hydrogens (primary N) is 1. The molecule has 1 unspecified atom stereocenters. The number of thiophene rings is 1. The van der Waals surface area contributed by atoms with Crippen LogP contribution >= 0.6 is 11.3 Å². The number of piperidine rings is 1. The fraction of sp³-hybridized carbons (Fsp3) is 0.438. The van der Waals surface area contributed by atoms with E-state index in [1.807, 2.05) is 11.8 Å². The zero-order chi connectivity index (χ0) is 15.0. The molecule has 1 amide bonds. The summed E-state index contributed by atoms with van der Waals surface area (Å²) in [5.41, 5.74) is 6.68. The Kier molecular flexibility index (Phi) is 3.95. The monoisotopic (exact) mass is 306 g/mol. The number of nitrogens with zero attached hydrogens (tertiary/aromatic N) is 1. The van der Waals surface area contributed by atoms with Gasteiger partial charge in [0.1, 0.15) is 5.82 Å². The van der Waals surface area contributed by atoms with Gasteiger partial charge >= 0.3 is 0 Å². The van der Waals surface area contributed by atoms with E-state index in [1.54, 1.807) is 6.07 Å². The smallest absolute Gasteiger partial charge is 0.264 e. The van der Waals surface area contributed by atoms with E-state index in [1.165, 1.54) is 23.5 Å². The Labute approximate surface area is 127 Å². The number of rotatable bonds is 2. The molecule has 1 aliphatic heterocycles. The van der Waals surface area contributed by atoms with Crippen LogP contribution in [0.15, 0.2) is 18.2 Å². The van der Waals surface area contributed by atoms with Crippen molar-refractivity contribution in [1.82, 2.24) is 4.90 Å². The first-order chi connectivity index (χ1) is 10.1. The highest BCUT2D eigenvalue weighted by atomic mass is 32.1. The molecule has 3 nitrogen and oxygen atoms in total. The summed E-state index contributed by atoms with van der Waals surface area (Å²) < 4.78 is 14.3. The second-order valence-electron chi connectivity index (χ2n) is 5.58. The lowest BCUT2D eigenvalue weighted by molar-refractivity contribution is 0.0628. The summed E-state index contributed by atoms with van der Waals surface area (Å²) in [5.74, 6) is -0.218. The van der Waals surface area contributed by atoms with Gasteiger partial charge < -0.3 is 10.6 Å². The maximum atomic E-state index is 13.4. The molecule has 5 heteroatoms. The topological polar surface area (TPSA) is 46.3 Å². The molecule has 1 saturated heterocycles. The van der Waals surface area contributed by atoms with Crippen molar-refractivity contribution in [2.24, 2.45) is 5.73 Å². The van der Waals surface area contributed by atoms with Gasteiger partial charge in [0.15, 0.2) is 0 Å². The van der Waals surface area contributed by atoms with Crippen molar-refractivity contribution in [1.29, 1.82) is 0 Å². The molecule has 112 valence electrons. The van der Waals surface area contributed by atoms with E-state index in [-0.39, 0.29) is 17.8 Å². The normalized spacial score (nSPS) is 19.2. The summed E-state index contributed by atoms with van der Waals surface area (Å²) in [6.45, 7) is 3.17. The first-order valence-electron chi connectivity index (χ1n) is 7.31. The number of carbonyl (C=O) groups is 1. The van der Waals surface area contributed by atoms with Crippen molar-refractivity contribution in [3.05, 3.63) is 34.5 Å². The molecule has 2 heterocycles. The number of hydrogen-bond donors (Lipinski definition) is 1. The van der Waals surface area contributed by atoms with Crippen molar-refractivity contribution in [2.75, 3.05) is 13.1 Å². The van der Waals surface area contributed by atoms with E-state index >= 15 is 0 Å². The predicted octanol–water partition coefficient (Wildman–Crippen LogP) is 3.30. The minimum Gasteiger partial charge on any atom is -0.334 e. The molecule has 2 N–H and O–H groups in total. The maximum absolute atomic E-state index is 13.4. The third kappa shape index (κ3) is 2.56. The first kappa shape index (κ1) is 14.5. The lowest BCUT2D eigenvalue weighted by atomic mass is 10.0. The van der Waals surface area contributed by atoms with E-state index in [2.05, 4.69) is 0 Å². The molecule has 0 radical (unpaired) electrons. The van der Waals surface area contributed by atoms with Crippen molar-refractivity contribution in [3.8, 4) is 0 Å². The molecule has 1 aliphatic rings. The lowest BCUT2D eigenvalue weighted by Gasteiger charge is -2.34. The lowest BCUT2D eigenvalue weighted by Crippen LogP contribution is -2.47. The Morgan fingerprint density at radius 1 is 1.48 bits per heavy atom. The highest BCUT2D eigenvalue weighted by Crippen LogP contribution is 2.33. The number of aryl methyl sites for hydroxylation is 1. The van der Waals surface area contributed by atoms with Gasteiger partial charge in [-0.25, -0.2) is 4.39 Å². The second kappa shape index (κ2) is 5.73. The summed E-state index contributed by atoms with van der Waals surface area (Å²) in [5, 5.41) is 0.838. The number of halogens is 1. The zero-order valence-corrected chi connectivity index (χ0v) is 12.9. The number of hydrogen-bond acceptors (Lipinski definition) is 3. The van der Waals surface area contributed by atoms with E-state index in [0.717, 1.165) is 46.3 Å². The molecule has 1 aromatic heterocycles. The maximum Gasteiger partial charge on any atom is 0.264 e. The van der Waals surface area contributed by atoms with Gasteiger partial charge in [0.2, 0.25) is 0 Å². The average Bonchev–Trinajstić information content (AvgIpc) is 2.83. The van der Waals surface area contributed by atoms with Gasteiger partial charge in [-0.05, 0) is 55.3 Å².